The molecule has 2 atom stereocenters. The highest BCUT2D eigenvalue weighted by atomic mass is 16.2. The van der Waals surface area contributed by atoms with Gasteiger partial charge in [0.25, 0.3) is 0 Å². The number of nitrogens with one attached hydrogen (secondary N) is 2. The fraction of sp³-hybridized carbons (Fsp3) is 0.400. The van der Waals surface area contributed by atoms with E-state index in [1.165, 1.54) is 25.7 Å². The molecule has 1 aliphatic heterocycles. The van der Waals surface area contributed by atoms with Gasteiger partial charge in [0.1, 0.15) is 6.04 Å². The van der Waals surface area contributed by atoms with E-state index in [1.54, 1.807) is 12.1 Å². The van der Waals surface area contributed by atoms with Crippen LogP contribution in [0.2, 0.25) is 0 Å². The highest BCUT2D eigenvalue weighted by Gasteiger charge is 2.43. The zero-order valence-corrected chi connectivity index (χ0v) is 17.0. The van der Waals surface area contributed by atoms with E-state index < -0.39 is 6.04 Å². The zero-order chi connectivity index (χ0) is 21.0. The minimum absolute atomic E-state index is 0.0560. The molecule has 1 aliphatic carbocycles. The fourth-order valence-electron chi connectivity index (χ4n) is 4.82. The molecule has 2 N–H and O–H groups in total. The van der Waals surface area contributed by atoms with Crippen molar-refractivity contribution in [1.29, 1.82) is 10.5 Å². The monoisotopic (exact) mass is 398 g/mol. The molecule has 0 unspecified atom stereocenters. The van der Waals surface area contributed by atoms with Crippen LogP contribution in [0.5, 0.6) is 0 Å². The smallest absolute Gasteiger partial charge is 0.238 e. The molecular weight excluding hydrogens is 372 g/mol. The Bertz CT molecular complexity index is 976. The molecule has 1 heterocycles. The van der Waals surface area contributed by atoms with Crippen LogP contribution in [0.1, 0.15) is 43.2 Å². The molecular formula is C25H26N4O. The van der Waals surface area contributed by atoms with Crippen molar-refractivity contribution in [3.63, 3.8) is 0 Å². The highest BCUT2D eigenvalue weighted by molar-refractivity contribution is 5.82. The number of nitriles is 2. The van der Waals surface area contributed by atoms with Gasteiger partial charge in [0.05, 0.1) is 23.7 Å². The van der Waals surface area contributed by atoms with Crippen LogP contribution < -0.4 is 10.6 Å². The van der Waals surface area contributed by atoms with Crippen molar-refractivity contribution in [3.8, 4) is 23.3 Å². The van der Waals surface area contributed by atoms with Gasteiger partial charge in [-0.2, -0.15) is 10.5 Å². The Kier molecular flexibility index (Phi) is 5.84. The van der Waals surface area contributed by atoms with Crippen LogP contribution >= 0.6 is 0 Å². The molecule has 1 saturated carbocycles. The van der Waals surface area contributed by atoms with Crippen molar-refractivity contribution in [2.45, 2.75) is 50.6 Å². The van der Waals surface area contributed by atoms with Gasteiger partial charge >= 0.3 is 0 Å². The van der Waals surface area contributed by atoms with E-state index in [1.807, 2.05) is 36.4 Å². The van der Waals surface area contributed by atoms with Crippen LogP contribution in [0.4, 0.5) is 0 Å². The van der Waals surface area contributed by atoms with Gasteiger partial charge in [-0.05, 0) is 53.5 Å². The van der Waals surface area contributed by atoms with Crippen LogP contribution in [0, 0.1) is 28.1 Å². The molecule has 0 radical (unpaired) electrons. The van der Waals surface area contributed by atoms with E-state index in [0.717, 1.165) is 29.7 Å². The normalized spacial score (nSPS) is 20.4. The lowest BCUT2D eigenvalue weighted by molar-refractivity contribution is -0.123. The predicted molar refractivity (Wildman–Crippen MR) is 115 cm³/mol. The maximum absolute atomic E-state index is 12.7. The van der Waals surface area contributed by atoms with Crippen LogP contribution in [0.25, 0.3) is 11.1 Å². The summed E-state index contributed by atoms with van der Waals surface area (Å²) >= 11 is 0. The number of hydrogen-bond donors (Lipinski definition) is 2. The van der Waals surface area contributed by atoms with Gasteiger partial charge in [-0.15, -0.1) is 0 Å². The number of carbonyl (C=O) groups excluding carboxylic acids is 1. The number of benzene rings is 2. The Morgan fingerprint density at radius 3 is 2.30 bits per heavy atom. The maximum Gasteiger partial charge on any atom is 0.238 e. The maximum atomic E-state index is 12.7. The van der Waals surface area contributed by atoms with E-state index in [9.17, 15) is 10.1 Å². The van der Waals surface area contributed by atoms with Gasteiger partial charge in [-0.25, -0.2) is 0 Å². The summed E-state index contributed by atoms with van der Waals surface area (Å²) in [4.78, 5) is 12.7. The van der Waals surface area contributed by atoms with Crippen LogP contribution in [-0.4, -0.2) is 24.5 Å². The third-order valence-corrected chi connectivity index (χ3v) is 6.55. The van der Waals surface area contributed by atoms with Crippen molar-refractivity contribution >= 4 is 5.91 Å². The van der Waals surface area contributed by atoms with Gasteiger partial charge < -0.3 is 10.6 Å². The second kappa shape index (κ2) is 8.69. The first-order valence-electron chi connectivity index (χ1n) is 10.6. The van der Waals surface area contributed by atoms with Crippen LogP contribution in [0.15, 0.2) is 48.5 Å². The Labute approximate surface area is 177 Å². The second-order valence-corrected chi connectivity index (χ2v) is 8.63. The zero-order valence-electron chi connectivity index (χ0n) is 17.0. The van der Waals surface area contributed by atoms with Crippen LogP contribution in [0.3, 0.4) is 0 Å². The largest absolute Gasteiger partial charge is 0.339 e. The molecule has 0 bridgehead atoms. The SMILES string of the molecule is N#Cc1ccc(-c2ccc(C[C@@H](C#N)NC(=O)[C@@H]3CC4(CCCC4)CN3)cc2)cc1. The number of hydrogen-bond acceptors (Lipinski definition) is 4. The van der Waals surface area contributed by atoms with Gasteiger partial charge in [0.15, 0.2) is 0 Å². The first-order chi connectivity index (χ1) is 14.6. The third-order valence-electron chi connectivity index (χ3n) is 6.55. The summed E-state index contributed by atoms with van der Waals surface area (Å²) < 4.78 is 0. The quantitative estimate of drug-likeness (QED) is 0.804. The van der Waals surface area contributed by atoms with Crippen molar-refractivity contribution in [3.05, 3.63) is 59.7 Å². The summed E-state index contributed by atoms with van der Waals surface area (Å²) in [6, 6.07) is 19.1. The average molecular weight is 399 g/mol. The lowest BCUT2D eigenvalue weighted by Gasteiger charge is -2.21. The molecule has 1 spiro atoms. The van der Waals surface area contributed by atoms with Gasteiger partial charge in [-0.1, -0.05) is 49.2 Å². The van der Waals surface area contributed by atoms with Crippen LogP contribution in [-0.2, 0) is 11.2 Å². The first-order valence-corrected chi connectivity index (χ1v) is 10.6. The molecule has 0 aromatic heterocycles. The highest BCUT2D eigenvalue weighted by Crippen LogP contribution is 2.44. The molecule has 2 fully saturated rings. The summed E-state index contributed by atoms with van der Waals surface area (Å²) in [7, 11) is 0. The molecule has 1 amide bonds. The van der Waals surface area contributed by atoms with Crippen molar-refractivity contribution in [2.75, 3.05) is 6.54 Å². The lowest BCUT2D eigenvalue weighted by Crippen LogP contribution is -2.45. The first kappa shape index (κ1) is 20.1. The molecule has 5 heteroatoms. The summed E-state index contributed by atoms with van der Waals surface area (Å²) in [5.41, 5.74) is 4.03. The van der Waals surface area contributed by atoms with Crippen molar-refractivity contribution in [2.24, 2.45) is 5.41 Å². The fourth-order valence-corrected chi connectivity index (χ4v) is 4.82. The van der Waals surface area contributed by atoms with Crippen molar-refractivity contribution in [1.82, 2.24) is 10.6 Å². The minimum Gasteiger partial charge on any atom is -0.339 e. The summed E-state index contributed by atoms with van der Waals surface area (Å²) in [6.07, 6.45) is 6.29. The molecule has 30 heavy (non-hydrogen) atoms. The Balaban J connectivity index is 1.35. The summed E-state index contributed by atoms with van der Waals surface area (Å²) in [5, 5.41) is 24.8. The lowest BCUT2D eigenvalue weighted by atomic mass is 9.84. The minimum atomic E-state index is -0.541. The average Bonchev–Trinajstić information content (AvgIpc) is 3.43. The van der Waals surface area contributed by atoms with Gasteiger partial charge in [0.2, 0.25) is 5.91 Å². The van der Waals surface area contributed by atoms with E-state index in [2.05, 4.69) is 22.8 Å². The van der Waals surface area contributed by atoms with E-state index >= 15 is 0 Å². The molecule has 4 rings (SSSR count). The van der Waals surface area contributed by atoms with Gasteiger partial charge in [0, 0.05) is 13.0 Å². The van der Waals surface area contributed by atoms with E-state index in [4.69, 9.17) is 5.26 Å². The summed E-state index contributed by atoms with van der Waals surface area (Å²) in [6.45, 7) is 0.916. The molecule has 1 saturated heterocycles. The number of nitrogens with zero attached hydrogens (tertiary/aromatic N) is 2. The standard InChI is InChI=1S/C25H26N4O/c26-15-19-5-9-21(10-6-19)20-7-3-18(4-8-20)13-22(16-27)29-24(30)23-14-25(17-28-23)11-1-2-12-25/h3-10,22-23,28H,1-2,11-14,17H2,(H,29,30)/t22-,23-/m0/s1. The molecule has 2 aromatic carbocycles. The second-order valence-electron chi connectivity index (χ2n) is 8.63. The third kappa shape index (κ3) is 4.37. The van der Waals surface area contributed by atoms with E-state index in [-0.39, 0.29) is 11.9 Å². The summed E-state index contributed by atoms with van der Waals surface area (Å²) in [5.74, 6) is -0.0560. The van der Waals surface area contributed by atoms with E-state index in [0.29, 0.717) is 17.4 Å². The van der Waals surface area contributed by atoms with Crippen molar-refractivity contribution < 1.29 is 4.79 Å². The van der Waals surface area contributed by atoms with Gasteiger partial charge in [-0.3, -0.25) is 4.79 Å². The Morgan fingerprint density at radius 2 is 1.70 bits per heavy atom. The molecule has 152 valence electrons. The Morgan fingerprint density at radius 1 is 1.07 bits per heavy atom. The number of carbonyl (C=O) groups is 1. The predicted octanol–water partition coefficient (Wildman–Crippen LogP) is 3.70. The number of rotatable bonds is 5. The topological polar surface area (TPSA) is 88.7 Å². The Hall–Kier alpha value is -3.15. The molecule has 2 aliphatic rings. The number of amides is 1. The molecule has 2 aromatic rings. The molecule has 5 nitrogen and oxygen atoms in total.